The van der Waals surface area contributed by atoms with Crippen LogP contribution in [-0.2, 0) is 11.2 Å². The highest BCUT2D eigenvalue weighted by molar-refractivity contribution is 6.33. The summed E-state index contributed by atoms with van der Waals surface area (Å²) in [5.41, 5.74) is 1.60. The van der Waals surface area contributed by atoms with E-state index in [9.17, 15) is 4.79 Å². The Balaban J connectivity index is 1.62. The summed E-state index contributed by atoms with van der Waals surface area (Å²) in [6, 6.07) is 10.7. The first-order valence-corrected chi connectivity index (χ1v) is 10.1. The van der Waals surface area contributed by atoms with Crippen LogP contribution in [0.15, 0.2) is 47.0 Å². The molecule has 31 heavy (non-hydrogen) atoms. The third-order valence-electron chi connectivity index (χ3n) is 4.82. The average Bonchev–Trinajstić information content (AvgIpc) is 3.25. The molecule has 1 amide bonds. The van der Waals surface area contributed by atoms with Crippen molar-refractivity contribution in [2.45, 2.75) is 25.8 Å². The first-order chi connectivity index (χ1) is 15.0. The number of methoxy groups -OCH3 is 3. The van der Waals surface area contributed by atoms with Gasteiger partial charge >= 0.3 is 0 Å². The van der Waals surface area contributed by atoms with Gasteiger partial charge in [-0.05, 0) is 36.8 Å². The van der Waals surface area contributed by atoms with Crippen molar-refractivity contribution in [2.24, 2.45) is 0 Å². The van der Waals surface area contributed by atoms with Crippen LogP contribution >= 0.6 is 11.6 Å². The van der Waals surface area contributed by atoms with E-state index in [0.717, 1.165) is 11.1 Å². The molecule has 164 valence electrons. The van der Waals surface area contributed by atoms with Crippen molar-refractivity contribution < 1.29 is 23.4 Å². The van der Waals surface area contributed by atoms with Gasteiger partial charge in [0.05, 0.1) is 38.6 Å². The molecule has 8 heteroatoms. The number of rotatable bonds is 9. The van der Waals surface area contributed by atoms with Crippen LogP contribution < -0.4 is 19.5 Å². The number of ether oxygens (including phenoxy) is 3. The van der Waals surface area contributed by atoms with E-state index in [4.69, 9.17) is 30.2 Å². The number of oxazole rings is 1. The summed E-state index contributed by atoms with van der Waals surface area (Å²) in [5.74, 6) is 2.50. The van der Waals surface area contributed by atoms with Crippen LogP contribution in [0.4, 0.5) is 0 Å². The van der Waals surface area contributed by atoms with E-state index in [1.54, 1.807) is 33.6 Å². The van der Waals surface area contributed by atoms with Gasteiger partial charge in [-0.1, -0.05) is 23.7 Å². The molecule has 0 aliphatic carbocycles. The summed E-state index contributed by atoms with van der Waals surface area (Å²) < 4.78 is 21.9. The zero-order chi connectivity index (χ0) is 22.4. The number of amides is 1. The Hall–Kier alpha value is -3.19. The van der Waals surface area contributed by atoms with E-state index in [1.165, 1.54) is 0 Å². The van der Waals surface area contributed by atoms with E-state index in [1.807, 2.05) is 37.3 Å². The molecule has 0 spiro atoms. The Morgan fingerprint density at radius 1 is 1.13 bits per heavy atom. The summed E-state index contributed by atoms with van der Waals surface area (Å²) in [6.45, 7) is 1.89. The number of nitrogens with zero attached hydrogens (tertiary/aromatic N) is 1. The molecule has 1 heterocycles. The highest BCUT2D eigenvalue weighted by Crippen LogP contribution is 2.39. The second kappa shape index (κ2) is 10.2. The summed E-state index contributed by atoms with van der Waals surface area (Å²) in [6.07, 6.45) is 2.22. The topological polar surface area (TPSA) is 82.8 Å². The highest BCUT2D eigenvalue weighted by Gasteiger charge is 2.18. The maximum absolute atomic E-state index is 12.5. The molecule has 0 fully saturated rings. The molecule has 1 atom stereocenters. The molecular formula is C23H25ClN2O5. The Labute approximate surface area is 186 Å². The van der Waals surface area contributed by atoms with Gasteiger partial charge in [-0.25, -0.2) is 4.98 Å². The Bertz CT molecular complexity index is 1020. The summed E-state index contributed by atoms with van der Waals surface area (Å²) in [4.78, 5) is 16.7. The smallest absolute Gasteiger partial charge is 0.220 e. The third kappa shape index (κ3) is 5.30. The Morgan fingerprint density at radius 3 is 2.42 bits per heavy atom. The predicted molar refractivity (Wildman–Crippen MR) is 118 cm³/mol. The van der Waals surface area contributed by atoms with Crippen molar-refractivity contribution in [1.82, 2.24) is 10.3 Å². The van der Waals surface area contributed by atoms with Gasteiger partial charge in [-0.3, -0.25) is 4.79 Å². The average molecular weight is 445 g/mol. The quantitative estimate of drug-likeness (QED) is 0.509. The van der Waals surface area contributed by atoms with Gasteiger partial charge in [0.1, 0.15) is 0 Å². The molecule has 1 N–H and O–H groups in total. The lowest BCUT2D eigenvalue weighted by Crippen LogP contribution is -2.27. The van der Waals surface area contributed by atoms with Gasteiger partial charge in [0.25, 0.3) is 0 Å². The number of hydrogen-bond donors (Lipinski definition) is 1. The number of benzene rings is 2. The van der Waals surface area contributed by atoms with Crippen molar-refractivity contribution >= 4 is 17.5 Å². The standard InChI is InChI=1S/C23H25ClN2O5/c1-14(15-11-18(28-2)23(30-4)19(12-15)29-3)26-21(27)9-10-22-25-13-20(31-22)16-7-5-6-8-17(16)24/h5-8,11-14H,9-10H2,1-4H3,(H,26,27). The summed E-state index contributed by atoms with van der Waals surface area (Å²) >= 11 is 6.20. The lowest BCUT2D eigenvalue weighted by Gasteiger charge is -2.18. The van der Waals surface area contributed by atoms with Crippen molar-refractivity contribution in [1.29, 1.82) is 0 Å². The molecule has 3 rings (SSSR count). The number of carbonyl (C=O) groups excluding carboxylic acids is 1. The van der Waals surface area contributed by atoms with Gasteiger partial charge in [0, 0.05) is 18.4 Å². The van der Waals surface area contributed by atoms with Crippen molar-refractivity contribution in [3.05, 3.63) is 59.1 Å². The first-order valence-electron chi connectivity index (χ1n) is 9.75. The minimum absolute atomic E-state index is 0.126. The highest BCUT2D eigenvalue weighted by atomic mass is 35.5. The van der Waals surface area contributed by atoms with Gasteiger partial charge in [-0.2, -0.15) is 0 Å². The van der Waals surface area contributed by atoms with Crippen LogP contribution in [0.2, 0.25) is 5.02 Å². The second-order valence-electron chi connectivity index (χ2n) is 6.85. The summed E-state index contributed by atoms with van der Waals surface area (Å²) in [5, 5.41) is 3.56. The lowest BCUT2D eigenvalue weighted by molar-refractivity contribution is -0.121. The fourth-order valence-electron chi connectivity index (χ4n) is 3.18. The van der Waals surface area contributed by atoms with E-state index >= 15 is 0 Å². The van der Waals surface area contributed by atoms with E-state index in [0.29, 0.717) is 40.3 Å². The maximum Gasteiger partial charge on any atom is 0.220 e. The largest absolute Gasteiger partial charge is 0.493 e. The second-order valence-corrected chi connectivity index (χ2v) is 7.25. The molecule has 0 aliphatic rings. The summed E-state index contributed by atoms with van der Waals surface area (Å²) in [7, 11) is 4.65. The van der Waals surface area contributed by atoms with Crippen LogP contribution in [0, 0.1) is 0 Å². The van der Waals surface area contributed by atoms with Crippen molar-refractivity contribution in [2.75, 3.05) is 21.3 Å². The monoisotopic (exact) mass is 444 g/mol. The van der Waals surface area contributed by atoms with Crippen molar-refractivity contribution in [3.63, 3.8) is 0 Å². The molecule has 0 saturated heterocycles. The van der Waals surface area contributed by atoms with Gasteiger partial charge in [0.15, 0.2) is 23.1 Å². The van der Waals surface area contributed by atoms with E-state index < -0.39 is 0 Å². The number of aromatic nitrogens is 1. The third-order valence-corrected chi connectivity index (χ3v) is 5.15. The van der Waals surface area contributed by atoms with Gasteiger partial charge < -0.3 is 23.9 Å². The van der Waals surface area contributed by atoms with Crippen LogP contribution in [0.25, 0.3) is 11.3 Å². The predicted octanol–water partition coefficient (Wildman–Crippen LogP) is 4.83. The van der Waals surface area contributed by atoms with Crippen LogP contribution in [0.5, 0.6) is 17.2 Å². The number of carbonyl (C=O) groups is 1. The zero-order valence-electron chi connectivity index (χ0n) is 17.9. The fraction of sp³-hybridized carbons (Fsp3) is 0.304. The fourth-order valence-corrected chi connectivity index (χ4v) is 3.41. The number of aryl methyl sites for hydroxylation is 1. The number of nitrogens with one attached hydrogen (secondary N) is 1. The molecule has 1 aromatic heterocycles. The molecule has 0 aliphatic heterocycles. The molecule has 0 radical (unpaired) electrons. The van der Waals surface area contributed by atoms with E-state index in [-0.39, 0.29) is 18.4 Å². The number of hydrogen-bond acceptors (Lipinski definition) is 6. The van der Waals surface area contributed by atoms with Gasteiger partial charge in [0.2, 0.25) is 11.7 Å². The molecule has 7 nitrogen and oxygen atoms in total. The molecule has 2 aromatic carbocycles. The SMILES string of the molecule is COc1cc(C(C)NC(=O)CCc2ncc(-c3ccccc3Cl)o2)cc(OC)c1OC. The normalized spacial score (nSPS) is 11.6. The Morgan fingerprint density at radius 2 is 1.81 bits per heavy atom. The molecule has 0 bridgehead atoms. The Kier molecular flexibility index (Phi) is 7.41. The molecule has 1 unspecified atom stereocenters. The molecule has 0 saturated carbocycles. The molecular weight excluding hydrogens is 420 g/mol. The van der Waals surface area contributed by atoms with Crippen molar-refractivity contribution in [3.8, 4) is 28.6 Å². The van der Waals surface area contributed by atoms with E-state index in [2.05, 4.69) is 10.3 Å². The number of halogens is 1. The van der Waals surface area contributed by atoms with Crippen LogP contribution in [0.1, 0.15) is 30.8 Å². The van der Waals surface area contributed by atoms with Crippen LogP contribution in [0.3, 0.4) is 0 Å². The zero-order valence-corrected chi connectivity index (χ0v) is 18.7. The van der Waals surface area contributed by atoms with Gasteiger partial charge in [-0.15, -0.1) is 0 Å². The van der Waals surface area contributed by atoms with Crippen LogP contribution in [-0.4, -0.2) is 32.2 Å². The lowest BCUT2D eigenvalue weighted by atomic mass is 10.1. The minimum atomic E-state index is -0.260. The minimum Gasteiger partial charge on any atom is -0.493 e. The molecule has 3 aromatic rings. The first kappa shape index (κ1) is 22.5. The maximum atomic E-state index is 12.5.